The molecule has 3 fully saturated rings. The number of β-amino-alcohol motifs (C(OH)–C–C–N with tert-alkyl or cyclic N) is 1. The van der Waals surface area contributed by atoms with Crippen molar-refractivity contribution in [1.29, 1.82) is 0 Å². The number of fused-ring (bicyclic) bond motifs is 2. The van der Waals surface area contributed by atoms with Gasteiger partial charge in [-0.2, -0.15) is 0 Å². The molecule has 4 aromatic carbocycles. The maximum absolute atomic E-state index is 14.2. The molecular formula is C44H48Cl2F2N8O8. The van der Waals surface area contributed by atoms with Gasteiger partial charge in [0.15, 0.2) is 23.0 Å². The zero-order chi connectivity index (χ0) is 44.8. The van der Waals surface area contributed by atoms with Crippen LogP contribution in [0.5, 0.6) is 23.0 Å². The third kappa shape index (κ3) is 13.1. The Bertz CT molecular complexity index is 2470. The average molecular weight is 926 g/mol. The van der Waals surface area contributed by atoms with E-state index in [1.165, 1.54) is 38.0 Å². The SMILES string of the molecule is C1COCCN1.COc1cc2c(Nc3ccc(Cl)cc3F)ncnc2cc1OCC(O)CN1CCOCC1.COc1cc2c(Nc3ccc(Cl)cc3F)ncnc2cc1OCC1CO1. The molecule has 16 nitrogen and oxygen atoms in total. The predicted octanol–water partition coefficient (Wildman–Crippen LogP) is 6.80. The summed E-state index contributed by atoms with van der Waals surface area (Å²) >= 11 is 11.6. The van der Waals surface area contributed by atoms with Gasteiger partial charge >= 0.3 is 0 Å². The Morgan fingerprint density at radius 2 is 1.25 bits per heavy atom. The predicted molar refractivity (Wildman–Crippen MR) is 239 cm³/mol. The van der Waals surface area contributed by atoms with Crippen molar-refractivity contribution >= 4 is 68.0 Å². The topological polar surface area (TPSA) is 179 Å². The standard InChI is InChI=1S/C22H24ClFN4O4.C18H15ClFN3O3.C4H9NO/c1-30-20-9-16-19(10-21(20)32-12-15(29)11-28-4-6-31-7-5-28)25-13-26-22(16)27-18-3-2-14(23)8-17(18)24;1-24-16-5-12-15(6-17(16)26-8-11-7-25-11)21-9-22-18(12)23-14-3-2-10(19)4-13(14)20;1-3-6-4-2-5-1/h2-3,8-10,13,15,29H,4-7,11-12H2,1H3,(H,25,26,27);2-6,9,11H,7-8H2,1H3,(H,21,22,23);5H,1-4H2. The Hall–Kier alpha value is -5.44. The van der Waals surface area contributed by atoms with Gasteiger partial charge in [-0.25, -0.2) is 28.7 Å². The summed E-state index contributed by atoms with van der Waals surface area (Å²) in [5.41, 5.74) is 1.72. The monoisotopic (exact) mass is 924 g/mol. The number of aliphatic hydroxyl groups excluding tert-OH is 1. The first-order chi connectivity index (χ1) is 31.2. The van der Waals surface area contributed by atoms with Gasteiger partial charge < -0.3 is 54.2 Å². The lowest BCUT2D eigenvalue weighted by Gasteiger charge is -2.28. The van der Waals surface area contributed by atoms with E-state index in [1.807, 2.05) is 0 Å². The van der Waals surface area contributed by atoms with Gasteiger partial charge in [-0.1, -0.05) is 23.2 Å². The molecule has 0 amide bonds. The van der Waals surface area contributed by atoms with Gasteiger partial charge in [0, 0.05) is 65.7 Å². The van der Waals surface area contributed by atoms with Crippen LogP contribution >= 0.6 is 23.2 Å². The van der Waals surface area contributed by atoms with Crippen LogP contribution in [0.25, 0.3) is 21.8 Å². The van der Waals surface area contributed by atoms with Crippen LogP contribution < -0.4 is 34.9 Å². The normalized spacial score (nSPS) is 16.4. The number of benzene rings is 4. The number of nitrogens with zero attached hydrogens (tertiary/aromatic N) is 5. The Morgan fingerprint density at radius 1 is 0.734 bits per heavy atom. The third-order valence-electron chi connectivity index (χ3n) is 9.89. The minimum atomic E-state index is -0.663. The summed E-state index contributed by atoms with van der Waals surface area (Å²) in [6.45, 7) is 8.51. The quantitative estimate of drug-likeness (QED) is 0.0838. The fourth-order valence-corrected chi connectivity index (χ4v) is 6.81. The number of epoxide rings is 1. The first kappa shape index (κ1) is 46.5. The number of methoxy groups -OCH3 is 2. The summed E-state index contributed by atoms with van der Waals surface area (Å²) in [6.07, 6.45) is 2.25. The molecule has 3 aliphatic rings. The summed E-state index contributed by atoms with van der Waals surface area (Å²) in [7, 11) is 3.07. The number of rotatable bonds is 14. The molecule has 4 N–H and O–H groups in total. The summed E-state index contributed by atoms with van der Waals surface area (Å²) in [4.78, 5) is 19.1. The van der Waals surface area contributed by atoms with E-state index in [1.54, 1.807) is 49.6 Å². The van der Waals surface area contributed by atoms with Crippen LogP contribution in [-0.2, 0) is 14.2 Å². The van der Waals surface area contributed by atoms with Crippen molar-refractivity contribution < 1.29 is 47.0 Å². The van der Waals surface area contributed by atoms with Gasteiger partial charge in [0.1, 0.15) is 61.3 Å². The van der Waals surface area contributed by atoms with Crippen LogP contribution in [0.4, 0.5) is 31.8 Å². The summed E-state index contributed by atoms with van der Waals surface area (Å²) in [5.74, 6) is 1.89. The zero-order valence-electron chi connectivity index (χ0n) is 35.1. The molecule has 0 saturated carbocycles. The van der Waals surface area contributed by atoms with Crippen molar-refractivity contribution in [3.05, 3.63) is 95.0 Å². The van der Waals surface area contributed by atoms with Gasteiger partial charge in [-0.3, -0.25) is 4.90 Å². The Morgan fingerprint density at radius 3 is 1.70 bits per heavy atom. The van der Waals surface area contributed by atoms with E-state index in [0.29, 0.717) is 99.5 Å². The number of aromatic nitrogens is 4. The maximum Gasteiger partial charge on any atom is 0.163 e. The van der Waals surface area contributed by atoms with E-state index >= 15 is 0 Å². The van der Waals surface area contributed by atoms with Crippen molar-refractivity contribution in [3.8, 4) is 23.0 Å². The lowest BCUT2D eigenvalue weighted by Crippen LogP contribution is -2.42. The molecule has 9 rings (SSSR count). The molecule has 6 aromatic rings. The fraction of sp³-hybridized carbons (Fsp3) is 0.364. The largest absolute Gasteiger partial charge is 0.493 e. The van der Waals surface area contributed by atoms with E-state index in [-0.39, 0.29) is 24.1 Å². The summed E-state index contributed by atoms with van der Waals surface area (Å²) < 4.78 is 66.3. The molecule has 340 valence electrons. The number of halogens is 4. The minimum absolute atomic E-state index is 0.103. The fourth-order valence-electron chi connectivity index (χ4n) is 6.49. The number of ether oxygens (including phenoxy) is 7. The van der Waals surface area contributed by atoms with Gasteiger partial charge in [0.2, 0.25) is 0 Å². The van der Waals surface area contributed by atoms with Crippen molar-refractivity contribution in [2.24, 2.45) is 0 Å². The van der Waals surface area contributed by atoms with Crippen molar-refractivity contribution in [2.45, 2.75) is 12.2 Å². The van der Waals surface area contributed by atoms with E-state index < -0.39 is 17.7 Å². The zero-order valence-corrected chi connectivity index (χ0v) is 36.6. The Labute approximate surface area is 378 Å². The molecule has 3 aliphatic heterocycles. The minimum Gasteiger partial charge on any atom is -0.493 e. The molecule has 0 bridgehead atoms. The first-order valence-electron chi connectivity index (χ1n) is 20.4. The highest BCUT2D eigenvalue weighted by atomic mass is 35.5. The highest BCUT2D eigenvalue weighted by Crippen LogP contribution is 2.37. The van der Waals surface area contributed by atoms with Gasteiger partial charge in [0.05, 0.1) is 69.7 Å². The van der Waals surface area contributed by atoms with Crippen LogP contribution in [0.1, 0.15) is 0 Å². The van der Waals surface area contributed by atoms with Crippen molar-refractivity contribution in [1.82, 2.24) is 30.2 Å². The maximum atomic E-state index is 14.2. The Balaban J connectivity index is 0.000000172. The van der Waals surface area contributed by atoms with E-state index in [9.17, 15) is 13.9 Å². The molecule has 0 spiro atoms. The molecule has 2 atom stereocenters. The molecule has 2 unspecified atom stereocenters. The second-order valence-corrected chi connectivity index (χ2v) is 15.4. The second-order valence-electron chi connectivity index (χ2n) is 14.5. The number of nitrogens with one attached hydrogen (secondary N) is 3. The first-order valence-corrected chi connectivity index (χ1v) is 21.2. The highest BCUT2D eigenvalue weighted by Gasteiger charge is 2.24. The molecule has 5 heterocycles. The van der Waals surface area contributed by atoms with Gasteiger partial charge in [-0.15, -0.1) is 0 Å². The van der Waals surface area contributed by atoms with Crippen LogP contribution in [0.3, 0.4) is 0 Å². The average Bonchev–Trinajstić information content (AvgIpc) is 4.15. The van der Waals surface area contributed by atoms with Gasteiger partial charge in [0.25, 0.3) is 0 Å². The summed E-state index contributed by atoms with van der Waals surface area (Å²) in [6, 6.07) is 15.7. The third-order valence-corrected chi connectivity index (χ3v) is 10.4. The molecule has 20 heteroatoms. The van der Waals surface area contributed by atoms with Crippen LogP contribution in [0, 0.1) is 11.6 Å². The smallest absolute Gasteiger partial charge is 0.163 e. The van der Waals surface area contributed by atoms with Gasteiger partial charge in [-0.05, 0) is 48.5 Å². The van der Waals surface area contributed by atoms with E-state index in [0.717, 1.165) is 39.4 Å². The van der Waals surface area contributed by atoms with Crippen LogP contribution in [0.15, 0.2) is 73.3 Å². The lowest BCUT2D eigenvalue weighted by atomic mass is 10.2. The number of hydrogen-bond donors (Lipinski definition) is 4. The van der Waals surface area contributed by atoms with Crippen molar-refractivity contribution in [3.63, 3.8) is 0 Å². The molecule has 0 aliphatic carbocycles. The molecule has 3 saturated heterocycles. The van der Waals surface area contributed by atoms with E-state index in [2.05, 4.69) is 40.8 Å². The number of hydrogen-bond acceptors (Lipinski definition) is 16. The molecular weight excluding hydrogens is 877 g/mol. The lowest BCUT2D eigenvalue weighted by molar-refractivity contribution is 0.00446. The number of aliphatic hydroxyl groups is 1. The highest BCUT2D eigenvalue weighted by molar-refractivity contribution is 6.31. The summed E-state index contributed by atoms with van der Waals surface area (Å²) in [5, 5.41) is 21.4. The van der Waals surface area contributed by atoms with Crippen LogP contribution in [0.2, 0.25) is 10.0 Å². The van der Waals surface area contributed by atoms with Crippen LogP contribution in [-0.4, -0.2) is 135 Å². The number of anilines is 4. The number of morpholine rings is 2. The molecule has 64 heavy (non-hydrogen) atoms. The second kappa shape index (κ2) is 23.0. The molecule has 2 aromatic heterocycles. The molecule has 0 radical (unpaired) electrons. The van der Waals surface area contributed by atoms with Crippen molar-refractivity contribution in [2.75, 3.05) is 104 Å². The van der Waals surface area contributed by atoms with E-state index in [4.69, 9.17) is 56.4 Å². The Kier molecular flexibility index (Phi) is 16.7.